The van der Waals surface area contributed by atoms with Crippen LogP contribution in [-0.4, -0.2) is 43.5 Å². The molecule has 17 heavy (non-hydrogen) atoms. The molecular formula is C13H20N4. The number of benzene rings is 1. The van der Waals surface area contributed by atoms with Gasteiger partial charge in [0.15, 0.2) is 0 Å². The number of nitrogens with zero attached hydrogens (tertiary/aromatic N) is 2. The molecule has 0 radical (unpaired) electrons. The van der Waals surface area contributed by atoms with E-state index in [2.05, 4.69) is 35.9 Å². The van der Waals surface area contributed by atoms with Gasteiger partial charge in [-0.1, -0.05) is 0 Å². The maximum atomic E-state index is 7.37. The highest BCUT2D eigenvalue weighted by Gasteiger charge is 2.21. The second-order valence-corrected chi connectivity index (χ2v) is 4.77. The molecule has 0 aliphatic carbocycles. The Morgan fingerprint density at radius 1 is 1.29 bits per heavy atom. The van der Waals surface area contributed by atoms with Gasteiger partial charge >= 0.3 is 0 Å². The van der Waals surface area contributed by atoms with Crippen LogP contribution >= 0.6 is 0 Å². The highest BCUT2D eigenvalue weighted by molar-refractivity contribution is 5.95. The Hall–Kier alpha value is -1.55. The second kappa shape index (κ2) is 4.75. The highest BCUT2D eigenvalue weighted by atomic mass is 15.3. The van der Waals surface area contributed by atoms with Crippen molar-refractivity contribution in [1.82, 2.24) is 4.90 Å². The quantitative estimate of drug-likeness (QED) is 0.593. The van der Waals surface area contributed by atoms with Gasteiger partial charge in [0.1, 0.15) is 5.84 Å². The number of amidine groups is 1. The molecule has 1 saturated heterocycles. The van der Waals surface area contributed by atoms with Crippen LogP contribution in [0.15, 0.2) is 24.3 Å². The normalized spacial score (nSPS) is 21.5. The summed E-state index contributed by atoms with van der Waals surface area (Å²) in [6.07, 6.45) is 0. The lowest BCUT2D eigenvalue weighted by Gasteiger charge is -2.39. The van der Waals surface area contributed by atoms with E-state index in [9.17, 15) is 0 Å². The first kappa shape index (κ1) is 11.9. The standard InChI is InChI=1S/C13H20N4/c1-10-9-16(2)7-8-17(10)12-5-3-11(4-6-12)13(14)15/h3-6,10H,7-9H2,1-2H3,(H3,14,15). The fourth-order valence-corrected chi connectivity index (χ4v) is 2.36. The molecule has 1 unspecified atom stereocenters. The zero-order valence-corrected chi connectivity index (χ0v) is 10.5. The number of nitrogens with one attached hydrogen (secondary N) is 1. The van der Waals surface area contributed by atoms with Crippen molar-refractivity contribution < 1.29 is 0 Å². The van der Waals surface area contributed by atoms with Gasteiger partial charge in [-0.3, -0.25) is 5.41 Å². The van der Waals surface area contributed by atoms with Crippen molar-refractivity contribution in [3.8, 4) is 0 Å². The molecule has 1 aromatic carbocycles. The summed E-state index contributed by atoms with van der Waals surface area (Å²) in [5.74, 6) is 0.128. The largest absolute Gasteiger partial charge is 0.384 e. The predicted molar refractivity (Wildman–Crippen MR) is 71.8 cm³/mol. The van der Waals surface area contributed by atoms with Crippen molar-refractivity contribution in [2.24, 2.45) is 5.73 Å². The van der Waals surface area contributed by atoms with Gasteiger partial charge in [0.25, 0.3) is 0 Å². The Morgan fingerprint density at radius 3 is 2.47 bits per heavy atom. The summed E-state index contributed by atoms with van der Waals surface area (Å²) in [4.78, 5) is 4.76. The minimum Gasteiger partial charge on any atom is -0.384 e. The Balaban J connectivity index is 2.14. The lowest BCUT2D eigenvalue weighted by Crippen LogP contribution is -2.50. The molecule has 3 N–H and O–H groups in total. The molecule has 2 rings (SSSR count). The average Bonchev–Trinajstić information content (AvgIpc) is 2.29. The molecule has 4 nitrogen and oxygen atoms in total. The monoisotopic (exact) mass is 232 g/mol. The highest BCUT2D eigenvalue weighted by Crippen LogP contribution is 2.20. The van der Waals surface area contributed by atoms with E-state index in [4.69, 9.17) is 11.1 Å². The van der Waals surface area contributed by atoms with E-state index in [0.717, 1.165) is 25.2 Å². The summed E-state index contributed by atoms with van der Waals surface area (Å²) >= 11 is 0. The number of rotatable bonds is 2. The van der Waals surface area contributed by atoms with Crippen LogP contribution in [0.3, 0.4) is 0 Å². The number of nitrogens with two attached hydrogens (primary N) is 1. The molecule has 1 heterocycles. The number of hydrogen-bond acceptors (Lipinski definition) is 3. The summed E-state index contributed by atoms with van der Waals surface area (Å²) < 4.78 is 0. The number of hydrogen-bond donors (Lipinski definition) is 2. The van der Waals surface area contributed by atoms with E-state index in [1.165, 1.54) is 5.69 Å². The van der Waals surface area contributed by atoms with Crippen LogP contribution in [0.25, 0.3) is 0 Å². The fraction of sp³-hybridized carbons (Fsp3) is 0.462. The summed E-state index contributed by atoms with van der Waals surface area (Å²) in [6.45, 7) is 5.49. The number of nitrogen functional groups attached to an aromatic ring is 1. The van der Waals surface area contributed by atoms with Gasteiger partial charge in [-0.25, -0.2) is 0 Å². The summed E-state index contributed by atoms with van der Waals surface area (Å²) in [7, 11) is 2.16. The van der Waals surface area contributed by atoms with Crippen molar-refractivity contribution in [3.05, 3.63) is 29.8 Å². The fourth-order valence-electron chi connectivity index (χ4n) is 2.36. The molecule has 0 amide bonds. The zero-order valence-electron chi connectivity index (χ0n) is 10.5. The summed E-state index contributed by atoms with van der Waals surface area (Å²) in [5.41, 5.74) is 7.46. The summed E-state index contributed by atoms with van der Waals surface area (Å²) in [5, 5.41) is 7.37. The molecular weight excluding hydrogens is 212 g/mol. The average molecular weight is 232 g/mol. The first-order chi connectivity index (χ1) is 8.08. The molecule has 0 aromatic heterocycles. The van der Waals surface area contributed by atoms with Crippen molar-refractivity contribution >= 4 is 11.5 Å². The van der Waals surface area contributed by atoms with E-state index >= 15 is 0 Å². The molecule has 0 bridgehead atoms. The van der Waals surface area contributed by atoms with Crippen LogP contribution in [0.1, 0.15) is 12.5 Å². The van der Waals surface area contributed by atoms with Gasteiger partial charge in [0.2, 0.25) is 0 Å². The van der Waals surface area contributed by atoms with Crippen LogP contribution in [-0.2, 0) is 0 Å². The molecule has 92 valence electrons. The minimum absolute atomic E-state index is 0.128. The Bertz CT molecular complexity index is 398. The molecule has 1 atom stereocenters. The van der Waals surface area contributed by atoms with Gasteiger partial charge in [0.05, 0.1) is 0 Å². The van der Waals surface area contributed by atoms with E-state index in [0.29, 0.717) is 6.04 Å². The molecule has 4 heteroatoms. The van der Waals surface area contributed by atoms with Gasteiger partial charge < -0.3 is 15.5 Å². The van der Waals surface area contributed by atoms with Crippen LogP contribution in [0.4, 0.5) is 5.69 Å². The smallest absolute Gasteiger partial charge is 0.122 e. The lowest BCUT2D eigenvalue weighted by atomic mass is 10.1. The number of anilines is 1. The SMILES string of the molecule is CC1CN(C)CCN1c1ccc(C(=N)N)cc1. The lowest BCUT2D eigenvalue weighted by molar-refractivity contribution is 0.275. The van der Waals surface area contributed by atoms with Gasteiger partial charge in [-0.05, 0) is 38.2 Å². The third-order valence-electron chi connectivity index (χ3n) is 3.34. The van der Waals surface area contributed by atoms with Crippen LogP contribution in [0.2, 0.25) is 0 Å². The van der Waals surface area contributed by atoms with Crippen LogP contribution in [0.5, 0.6) is 0 Å². The predicted octanol–water partition coefficient (Wildman–Crippen LogP) is 1.11. The van der Waals surface area contributed by atoms with E-state index < -0.39 is 0 Å². The minimum atomic E-state index is 0.128. The van der Waals surface area contributed by atoms with Crippen molar-refractivity contribution in [1.29, 1.82) is 5.41 Å². The Kier molecular flexibility index (Phi) is 3.33. The molecule has 1 aliphatic rings. The van der Waals surface area contributed by atoms with Gasteiger partial charge in [0, 0.05) is 36.9 Å². The third-order valence-corrected chi connectivity index (χ3v) is 3.34. The molecule has 1 aliphatic heterocycles. The zero-order chi connectivity index (χ0) is 12.4. The first-order valence-corrected chi connectivity index (χ1v) is 5.97. The molecule has 1 fully saturated rings. The summed E-state index contributed by atoms with van der Waals surface area (Å²) in [6, 6.07) is 8.47. The van der Waals surface area contributed by atoms with Crippen molar-refractivity contribution in [2.75, 3.05) is 31.6 Å². The molecule has 0 spiro atoms. The van der Waals surface area contributed by atoms with Crippen molar-refractivity contribution in [3.63, 3.8) is 0 Å². The van der Waals surface area contributed by atoms with E-state index in [1.54, 1.807) is 0 Å². The first-order valence-electron chi connectivity index (χ1n) is 5.97. The van der Waals surface area contributed by atoms with Gasteiger partial charge in [-0.15, -0.1) is 0 Å². The molecule has 1 aromatic rings. The van der Waals surface area contributed by atoms with Gasteiger partial charge in [-0.2, -0.15) is 0 Å². The molecule has 0 saturated carbocycles. The topological polar surface area (TPSA) is 56.4 Å². The van der Waals surface area contributed by atoms with Crippen LogP contribution < -0.4 is 10.6 Å². The van der Waals surface area contributed by atoms with E-state index in [-0.39, 0.29) is 5.84 Å². The number of piperazine rings is 1. The Morgan fingerprint density at radius 2 is 1.94 bits per heavy atom. The maximum absolute atomic E-state index is 7.37. The second-order valence-electron chi connectivity index (χ2n) is 4.77. The van der Waals surface area contributed by atoms with E-state index in [1.807, 2.05) is 12.1 Å². The maximum Gasteiger partial charge on any atom is 0.122 e. The number of likely N-dealkylation sites (N-methyl/N-ethyl adjacent to an activating group) is 1. The van der Waals surface area contributed by atoms with Crippen molar-refractivity contribution in [2.45, 2.75) is 13.0 Å². The Labute approximate surface area is 103 Å². The third kappa shape index (κ3) is 2.58. The van der Waals surface area contributed by atoms with Crippen LogP contribution in [0, 0.1) is 5.41 Å².